The second kappa shape index (κ2) is 6.47. The Morgan fingerprint density at radius 1 is 1.21 bits per heavy atom. The third-order valence-corrected chi connectivity index (χ3v) is 5.02. The van der Waals surface area contributed by atoms with Gasteiger partial charge in [0.1, 0.15) is 12.1 Å². The molecule has 3 aromatic rings. The molecule has 1 aliphatic rings. The van der Waals surface area contributed by atoms with E-state index >= 15 is 0 Å². The highest BCUT2D eigenvalue weighted by molar-refractivity contribution is 5.53. The lowest BCUT2D eigenvalue weighted by atomic mass is 9.85. The SMILES string of the molecule is Nc1nc(NC[C@H](c2ccccc2)C2CCCC2)cc2nncn12. The Labute approximate surface area is 141 Å². The molecule has 0 bridgehead atoms. The fraction of sp³-hybridized carbons (Fsp3) is 0.389. The van der Waals surface area contributed by atoms with Crippen LogP contribution < -0.4 is 11.1 Å². The van der Waals surface area contributed by atoms with Crippen LogP contribution in [0.25, 0.3) is 5.65 Å². The standard InChI is InChI=1S/C18H22N6/c19-18-22-16(10-17-23-21-12-24(17)18)20-11-15(14-8-4-5-9-14)13-6-2-1-3-7-13/h1-3,6-7,10,12,14-15,20H,4-5,8-9,11H2,(H2,19,22)/t15-/m1/s1. The summed E-state index contributed by atoms with van der Waals surface area (Å²) >= 11 is 0. The number of benzene rings is 1. The lowest BCUT2D eigenvalue weighted by molar-refractivity contribution is 0.448. The molecular weight excluding hydrogens is 300 g/mol. The van der Waals surface area contributed by atoms with Crippen molar-refractivity contribution in [2.45, 2.75) is 31.6 Å². The molecule has 2 aromatic heterocycles. The van der Waals surface area contributed by atoms with Gasteiger partial charge in [0.2, 0.25) is 5.95 Å². The maximum atomic E-state index is 5.97. The van der Waals surface area contributed by atoms with E-state index < -0.39 is 0 Å². The molecule has 1 aromatic carbocycles. The lowest BCUT2D eigenvalue weighted by Crippen LogP contribution is -2.20. The third kappa shape index (κ3) is 2.91. The fourth-order valence-corrected chi connectivity index (χ4v) is 3.77. The van der Waals surface area contributed by atoms with E-state index in [0.29, 0.717) is 17.5 Å². The lowest BCUT2D eigenvalue weighted by Gasteiger charge is -2.24. The Kier molecular flexibility index (Phi) is 4.02. The molecule has 6 heteroatoms. The maximum absolute atomic E-state index is 5.97. The highest BCUT2D eigenvalue weighted by Gasteiger charge is 2.26. The first-order valence-corrected chi connectivity index (χ1v) is 8.56. The number of rotatable bonds is 5. The molecule has 3 N–H and O–H groups in total. The first-order valence-electron chi connectivity index (χ1n) is 8.56. The van der Waals surface area contributed by atoms with E-state index in [-0.39, 0.29) is 0 Å². The molecular formula is C18H22N6. The van der Waals surface area contributed by atoms with E-state index in [1.807, 2.05) is 6.07 Å². The van der Waals surface area contributed by atoms with Crippen molar-refractivity contribution in [2.75, 3.05) is 17.6 Å². The zero-order chi connectivity index (χ0) is 16.4. The summed E-state index contributed by atoms with van der Waals surface area (Å²) in [6, 6.07) is 12.7. The van der Waals surface area contributed by atoms with Gasteiger partial charge in [-0.2, -0.15) is 4.98 Å². The summed E-state index contributed by atoms with van der Waals surface area (Å²) in [4.78, 5) is 4.42. The van der Waals surface area contributed by atoms with E-state index in [1.165, 1.54) is 31.2 Å². The molecule has 0 radical (unpaired) electrons. The highest BCUT2D eigenvalue weighted by atomic mass is 15.3. The Morgan fingerprint density at radius 2 is 2.00 bits per heavy atom. The molecule has 1 fully saturated rings. The molecule has 6 nitrogen and oxygen atoms in total. The van der Waals surface area contributed by atoms with E-state index in [1.54, 1.807) is 10.7 Å². The molecule has 1 saturated carbocycles. The summed E-state index contributed by atoms with van der Waals surface area (Å²) in [6.07, 6.45) is 6.86. The number of nitrogens with one attached hydrogen (secondary N) is 1. The summed E-state index contributed by atoms with van der Waals surface area (Å²) < 4.78 is 1.68. The van der Waals surface area contributed by atoms with Crippen LogP contribution in [0.2, 0.25) is 0 Å². The van der Waals surface area contributed by atoms with E-state index in [0.717, 1.165) is 18.3 Å². The number of fused-ring (bicyclic) bond motifs is 1. The first-order chi connectivity index (χ1) is 11.8. The minimum Gasteiger partial charge on any atom is -0.369 e. The van der Waals surface area contributed by atoms with Gasteiger partial charge in [-0.15, -0.1) is 10.2 Å². The van der Waals surface area contributed by atoms with Crippen molar-refractivity contribution < 1.29 is 0 Å². The number of hydrogen-bond donors (Lipinski definition) is 2. The van der Waals surface area contributed by atoms with Gasteiger partial charge in [0, 0.05) is 18.5 Å². The van der Waals surface area contributed by atoms with Gasteiger partial charge in [0.25, 0.3) is 0 Å². The van der Waals surface area contributed by atoms with Gasteiger partial charge in [0.15, 0.2) is 5.65 Å². The summed E-state index contributed by atoms with van der Waals surface area (Å²) in [5.74, 6) is 2.38. The van der Waals surface area contributed by atoms with Gasteiger partial charge in [-0.05, 0) is 24.3 Å². The molecule has 24 heavy (non-hydrogen) atoms. The molecule has 0 amide bonds. The molecule has 0 unspecified atom stereocenters. The van der Waals surface area contributed by atoms with E-state index in [9.17, 15) is 0 Å². The molecule has 1 aliphatic carbocycles. The van der Waals surface area contributed by atoms with Crippen LogP contribution >= 0.6 is 0 Å². The second-order valence-electron chi connectivity index (χ2n) is 6.50. The normalized spacial score (nSPS) is 16.5. The quantitative estimate of drug-likeness (QED) is 0.754. The Hall–Kier alpha value is -2.63. The average molecular weight is 322 g/mol. The van der Waals surface area contributed by atoms with Crippen molar-refractivity contribution in [1.82, 2.24) is 19.6 Å². The summed E-state index contributed by atoms with van der Waals surface area (Å²) in [6.45, 7) is 0.853. The summed E-state index contributed by atoms with van der Waals surface area (Å²) in [5, 5.41) is 11.4. The number of anilines is 2. The van der Waals surface area contributed by atoms with Gasteiger partial charge in [-0.1, -0.05) is 43.2 Å². The minimum atomic E-state index is 0.400. The van der Waals surface area contributed by atoms with Crippen molar-refractivity contribution in [3.63, 3.8) is 0 Å². The molecule has 124 valence electrons. The molecule has 2 heterocycles. The molecule has 0 saturated heterocycles. The van der Waals surface area contributed by atoms with Gasteiger partial charge in [-0.3, -0.25) is 4.40 Å². The first kappa shape index (κ1) is 14.9. The largest absolute Gasteiger partial charge is 0.369 e. The molecule has 0 aliphatic heterocycles. The van der Waals surface area contributed by atoms with Crippen molar-refractivity contribution >= 4 is 17.4 Å². The molecule has 0 spiro atoms. The average Bonchev–Trinajstić information content (AvgIpc) is 3.28. The molecule has 4 rings (SSSR count). The maximum Gasteiger partial charge on any atom is 0.209 e. The predicted molar refractivity (Wildman–Crippen MR) is 94.8 cm³/mol. The smallest absolute Gasteiger partial charge is 0.209 e. The van der Waals surface area contributed by atoms with Gasteiger partial charge >= 0.3 is 0 Å². The number of nitrogen functional groups attached to an aromatic ring is 1. The number of hydrogen-bond acceptors (Lipinski definition) is 5. The fourth-order valence-electron chi connectivity index (χ4n) is 3.77. The van der Waals surface area contributed by atoms with Crippen LogP contribution in [-0.2, 0) is 0 Å². The van der Waals surface area contributed by atoms with Crippen LogP contribution in [0, 0.1) is 5.92 Å². The van der Waals surface area contributed by atoms with Crippen molar-refractivity contribution in [1.29, 1.82) is 0 Å². The van der Waals surface area contributed by atoms with Crippen molar-refractivity contribution in [3.8, 4) is 0 Å². The Balaban J connectivity index is 1.55. The van der Waals surface area contributed by atoms with Crippen LogP contribution in [0.3, 0.4) is 0 Å². The second-order valence-corrected chi connectivity index (χ2v) is 6.50. The highest BCUT2D eigenvalue weighted by Crippen LogP contribution is 2.37. The summed E-state index contributed by atoms with van der Waals surface area (Å²) in [7, 11) is 0. The van der Waals surface area contributed by atoms with Crippen LogP contribution in [-0.4, -0.2) is 26.1 Å². The van der Waals surface area contributed by atoms with Crippen LogP contribution in [0.4, 0.5) is 11.8 Å². The topological polar surface area (TPSA) is 81.1 Å². The minimum absolute atomic E-state index is 0.400. The zero-order valence-electron chi connectivity index (χ0n) is 13.6. The van der Waals surface area contributed by atoms with Crippen LogP contribution in [0.5, 0.6) is 0 Å². The monoisotopic (exact) mass is 322 g/mol. The Morgan fingerprint density at radius 3 is 2.79 bits per heavy atom. The third-order valence-electron chi connectivity index (χ3n) is 5.02. The van der Waals surface area contributed by atoms with E-state index in [4.69, 9.17) is 5.73 Å². The predicted octanol–water partition coefficient (Wildman–Crippen LogP) is 3.09. The Bertz CT molecular complexity index is 807. The van der Waals surface area contributed by atoms with Gasteiger partial charge in [-0.25, -0.2) is 0 Å². The zero-order valence-corrected chi connectivity index (χ0v) is 13.6. The van der Waals surface area contributed by atoms with Crippen molar-refractivity contribution in [3.05, 3.63) is 48.3 Å². The van der Waals surface area contributed by atoms with Crippen LogP contribution in [0.15, 0.2) is 42.7 Å². The number of aromatic nitrogens is 4. The van der Waals surface area contributed by atoms with Crippen molar-refractivity contribution in [2.24, 2.45) is 5.92 Å². The van der Waals surface area contributed by atoms with Gasteiger partial charge < -0.3 is 11.1 Å². The summed E-state index contributed by atoms with van der Waals surface area (Å²) in [5.41, 5.74) is 8.08. The van der Waals surface area contributed by atoms with Crippen LogP contribution in [0.1, 0.15) is 37.2 Å². The number of nitrogens with two attached hydrogens (primary N) is 1. The number of nitrogens with zero attached hydrogens (tertiary/aromatic N) is 4. The van der Waals surface area contributed by atoms with Gasteiger partial charge in [0.05, 0.1) is 0 Å². The molecule has 1 atom stereocenters. The van der Waals surface area contributed by atoms with E-state index in [2.05, 4.69) is 50.8 Å².